The number of para-hydroxylation sites is 1. The third-order valence-electron chi connectivity index (χ3n) is 3.56. The van der Waals surface area contributed by atoms with Gasteiger partial charge in [-0.3, -0.25) is 0 Å². The Labute approximate surface area is 159 Å². The highest BCUT2D eigenvalue weighted by atomic mass is 32.1. The number of nitrogens with one attached hydrogen (secondary N) is 1. The van der Waals surface area contributed by atoms with E-state index in [1.54, 1.807) is 31.4 Å². The highest BCUT2D eigenvalue weighted by Gasteiger charge is 2.10. The topological polar surface area (TPSA) is 102 Å². The van der Waals surface area contributed by atoms with E-state index >= 15 is 0 Å². The van der Waals surface area contributed by atoms with Gasteiger partial charge in [-0.1, -0.05) is 24.3 Å². The van der Waals surface area contributed by atoms with Crippen LogP contribution in [0.25, 0.3) is 11.4 Å². The molecular weight excluding hydrogens is 368 g/mol. The monoisotopic (exact) mass is 384 g/mol. The fraction of sp³-hybridized carbons (Fsp3) is 0.111. The molecule has 3 rings (SSSR count). The molecule has 0 spiro atoms. The Kier molecular flexibility index (Phi) is 5.62. The number of aromatic amines is 1. The minimum Gasteiger partial charge on any atom is -0.497 e. The van der Waals surface area contributed by atoms with Gasteiger partial charge in [-0.05, 0) is 36.5 Å². The predicted molar refractivity (Wildman–Crippen MR) is 102 cm³/mol. The Hall–Kier alpha value is -3.46. The van der Waals surface area contributed by atoms with Gasteiger partial charge in [-0.15, -0.1) is 0 Å². The van der Waals surface area contributed by atoms with E-state index in [0.717, 1.165) is 5.56 Å². The molecule has 0 fully saturated rings. The molecule has 0 bridgehead atoms. The van der Waals surface area contributed by atoms with Gasteiger partial charge in [0.1, 0.15) is 11.5 Å². The van der Waals surface area contributed by atoms with Crippen LogP contribution in [0.15, 0.2) is 53.6 Å². The number of ether oxygens (including phenoxy) is 2. The number of aromatic nitrogens is 3. The molecule has 0 radical (unpaired) electrons. The van der Waals surface area contributed by atoms with E-state index in [4.69, 9.17) is 26.8 Å². The fourth-order valence-electron chi connectivity index (χ4n) is 2.33. The quantitative estimate of drug-likeness (QED) is 0.480. The van der Waals surface area contributed by atoms with Crippen LogP contribution in [0.2, 0.25) is 0 Å². The van der Waals surface area contributed by atoms with Gasteiger partial charge in [-0.2, -0.15) is 14.9 Å². The van der Waals surface area contributed by atoms with Gasteiger partial charge in [0.25, 0.3) is 0 Å². The molecule has 3 aromatic rings. The Morgan fingerprint density at radius 3 is 2.93 bits per heavy atom. The average molecular weight is 384 g/mol. The third kappa shape index (κ3) is 4.39. The fourth-order valence-corrected chi connectivity index (χ4v) is 2.51. The van der Waals surface area contributed by atoms with Crippen molar-refractivity contribution in [1.29, 1.82) is 0 Å². The minimum absolute atomic E-state index is 0.313. The van der Waals surface area contributed by atoms with Crippen molar-refractivity contribution in [1.82, 2.24) is 14.9 Å². The highest BCUT2D eigenvalue weighted by Crippen LogP contribution is 2.22. The summed E-state index contributed by atoms with van der Waals surface area (Å²) in [5.41, 5.74) is 1.38. The molecule has 1 heterocycles. The van der Waals surface area contributed by atoms with Gasteiger partial charge < -0.3 is 14.6 Å². The molecule has 27 heavy (non-hydrogen) atoms. The van der Waals surface area contributed by atoms with Crippen molar-refractivity contribution in [2.45, 2.75) is 0 Å². The summed E-state index contributed by atoms with van der Waals surface area (Å²) >= 11 is 5.26. The molecule has 2 aromatic carbocycles. The molecule has 0 saturated carbocycles. The summed E-state index contributed by atoms with van der Waals surface area (Å²) in [7, 11) is 1.59. The van der Waals surface area contributed by atoms with Crippen molar-refractivity contribution in [3.05, 3.63) is 58.9 Å². The molecular formula is C18H16N4O4S. The van der Waals surface area contributed by atoms with Gasteiger partial charge in [0.2, 0.25) is 4.77 Å². The second-order valence-electron chi connectivity index (χ2n) is 5.36. The minimum atomic E-state index is -1.06. The number of carboxylic acids is 1. The van der Waals surface area contributed by atoms with E-state index in [0.29, 0.717) is 27.7 Å². The van der Waals surface area contributed by atoms with E-state index in [2.05, 4.69) is 15.3 Å². The van der Waals surface area contributed by atoms with E-state index in [1.165, 1.54) is 10.9 Å². The van der Waals surface area contributed by atoms with Gasteiger partial charge >= 0.3 is 5.97 Å². The number of carbonyl (C=O) groups is 1. The maximum atomic E-state index is 10.7. The Morgan fingerprint density at radius 2 is 2.15 bits per heavy atom. The van der Waals surface area contributed by atoms with Crippen molar-refractivity contribution >= 4 is 24.4 Å². The number of carboxylic acid groups (broad SMARTS) is 1. The molecule has 0 aliphatic heterocycles. The zero-order valence-corrected chi connectivity index (χ0v) is 15.1. The van der Waals surface area contributed by atoms with E-state index in [9.17, 15) is 4.79 Å². The smallest absolute Gasteiger partial charge is 0.341 e. The summed E-state index contributed by atoms with van der Waals surface area (Å²) in [4.78, 5) is 10.7. The van der Waals surface area contributed by atoms with E-state index < -0.39 is 12.6 Å². The highest BCUT2D eigenvalue weighted by molar-refractivity contribution is 7.71. The number of benzene rings is 2. The van der Waals surface area contributed by atoms with Crippen LogP contribution in [0.4, 0.5) is 0 Å². The summed E-state index contributed by atoms with van der Waals surface area (Å²) in [6.45, 7) is -0.439. The normalized spacial score (nSPS) is 10.9. The maximum Gasteiger partial charge on any atom is 0.341 e. The SMILES string of the molecule is COc1cccc(-c2n[nH]c(=S)n2/N=C\c2ccccc2OCC(=O)O)c1. The number of rotatable bonds is 7. The molecule has 0 aliphatic rings. The van der Waals surface area contributed by atoms with Gasteiger partial charge in [0.05, 0.1) is 13.3 Å². The van der Waals surface area contributed by atoms with Crippen LogP contribution in [0.5, 0.6) is 11.5 Å². The van der Waals surface area contributed by atoms with E-state index in [-0.39, 0.29) is 0 Å². The molecule has 0 unspecified atom stereocenters. The molecule has 2 N–H and O–H groups in total. The number of methoxy groups -OCH3 is 1. The first-order valence-corrected chi connectivity index (χ1v) is 8.29. The first kappa shape index (κ1) is 18.3. The number of hydrogen-bond acceptors (Lipinski definition) is 6. The van der Waals surface area contributed by atoms with Crippen LogP contribution in [-0.2, 0) is 4.79 Å². The van der Waals surface area contributed by atoms with Crippen molar-refractivity contribution in [2.75, 3.05) is 13.7 Å². The van der Waals surface area contributed by atoms with Crippen molar-refractivity contribution < 1.29 is 19.4 Å². The zero-order valence-electron chi connectivity index (χ0n) is 14.3. The summed E-state index contributed by atoms with van der Waals surface area (Å²) < 4.78 is 12.3. The second kappa shape index (κ2) is 8.28. The molecule has 138 valence electrons. The van der Waals surface area contributed by atoms with Crippen LogP contribution < -0.4 is 9.47 Å². The van der Waals surface area contributed by atoms with Crippen LogP contribution in [0.1, 0.15) is 5.56 Å². The standard InChI is InChI=1S/C18H16N4O4S/c1-25-14-7-4-6-12(9-14)17-20-21-18(27)22(17)19-10-13-5-2-3-8-15(13)26-11-16(23)24/h2-10H,11H2,1H3,(H,21,27)(H,23,24)/b19-10-. The Morgan fingerprint density at radius 1 is 1.33 bits per heavy atom. The lowest BCUT2D eigenvalue weighted by molar-refractivity contribution is -0.139. The molecule has 0 amide bonds. The maximum absolute atomic E-state index is 10.7. The van der Waals surface area contributed by atoms with Gasteiger partial charge in [-0.25, -0.2) is 9.89 Å². The summed E-state index contributed by atoms with van der Waals surface area (Å²) in [5, 5.41) is 20.1. The molecule has 1 aromatic heterocycles. The average Bonchev–Trinajstić information content (AvgIpc) is 3.05. The van der Waals surface area contributed by atoms with Gasteiger partial charge in [0.15, 0.2) is 12.4 Å². The summed E-state index contributed by atoms with van der Waals surface area (Å²) in [6, 6.07) is 14.3. The molecule has 8 nitrogen and oxygen atoms in total. The van der Waals surface area contributed by atoms with Crippen LogP contribution in [0.3, 0.4) is 0 Å². The second-order valence-corrected chi connectivity index (χ2v) is 5.75. The van der Waals surface area contributed by atoms with Crippen LogP contribution >= 0.6 is 12.2 Å². The summed E-state index contributed by atoms with van der Waals surface area (Å²) in [6.07, 6.45) is 1.53. The van der Waals surface area contributed by atoms with Gasteiger partial charge in [0, 0.05) is 11.1 Å². The van der Waals surface area contributed by atoms with E-state index in [1.807, 2.05) is 24.3 Å². The lowest BCUT2D eigenvalue weighted by Crippen LogP contribution is -2.10. The first-order valence-electron chi connectivity index (χ1n) is 7.88. The molecule has 0 atom stereocenters. The van der Waals surface area contributed by atoms with Crippen LogP contribution in [0, 0.1) is 4.77 Å². The molecule has 9 heteroatoms. The lowest BCUT2D eigenvalue weighted by atomic mass is 10.2. The summed E-state index contributed by atoms with van der Waals surface area (Å²) in [5.74, 6) is 0.546. The zero-order chi connectivity index (χ0) is 19.2. The first-order chi connectivity index (χ1) is 13.1. The molecule has 0 aliphatic carbocycles. The van der Waals surface area contributed by atoms with Crippen molar-refractivity contribution in [3.8, 4) is 22.9 Å². The largest absolute Gasteiger partial charge is 0.497 e. The molecule has 0 saturated heterocycles. The lowest BCUT2D eigenvalue weighted by Gasteiger charge is -2.07. The Balaban J connectivity index is 1.94. The predicted octanol–water partition coefficient (Wildman–Crippen LogP) is 2.96. The Bertz CT molecular complexity index is 1040. The third-order valence-corrected chi connectivity index (χ3v) is 3.83. The van der Waals surface area contributed by atoms with Crippen molar-refractivity contribution in [2.24, 2.45) is 5.10 Å². The van der Waals surface area contributed by atoms with Crippen molar-refractivity contribution in [3.63, 3.8) is 0 Å². The van der Waals surface area contributed by atoms with Crippen LogP contribution in [-0.4, -0.2) is 45.9 Å². The number of hydrogen-bond donors (Lipinski definition) is 2. The number of aliphatic carboxylic acids is 1. The number of H-pyrrole nitrogens is 1. The number of nitrogens with zero attached hydrogens (tertiary/aromatic N) is 3.